The van der Waals surface area contributed by atoms with Gasteiger partial charge in [-0.15, -0.1) is 0 Å². The van der Waals surface area contributed by atoms with Gasteiger partial charge >= 0.3 is 0 Å². The van der Waals surface area contributed by atoms with Crippen LogP contribution in [0.3, 0.4) is 0 Å². The molecule has 0 saturated carbocycles. The fraction of sp³-hybridized carbons (Fsp3) is 0.286. The first-order chi connectivity index (χ1) is 12.9. The Morgan fingerprint density at radius 3 is 2.62 bits per heavy atom. The maximum Gasteiger partial charge on any atom is 0.122 e. The van der Waals surface area contributed by atoms with Gasteiger partial charge in [-0.25, -0.2) is 0 Å². The molecular formula is C21H22N4O. The van der Waals surface area contributed by atoms with Gasteiger partial charge < -0.3 is 4.74 Å². The maximum absolute atomic E-state index is 6.03. The van der Waals surface area contributed by atoms with E-state index in [-0.39, 0.29) is 0 Å². The minimum Gasteiger partial charge on any atom is -0.493 e. The summed E-state index contributed by atoms with van der Waals surface area (Å²) in [5.74, 6) is 1.63. The smallest absolute Gasteiger partial charge is 0.122 e. The number of nitrogens with zero attached hydrogens (tertiary/aromatic N) is 4. The zero-order valence-corrected chi connectivity index (χ0v) is 14.6. The SMILES string of the molecule is c1ccc([C@@H]2CN(Cc3cccnc3)C[C@H]2COc2ccncc2)nc1. The Morgan fingerprint density at radius 2 is 1.85 bits per heavy atom. The van der Waals surface area contributed by atoms with Crippen molar-refractivity contribution in [3.05, 3.63) is 84.7 Å². The fourth-order valence-corrected chi connectivity index (χ4v) is 3.58. The van der Waals surface area contributed by atoms with Gasteiger partial charge in [0.15, 0.2) is 0 Å². The van der Waals surface area contributed by atoms with Crippen LogP contribution in [0.25, 0.3) is 0 Å². The van der Waals surface area contributed by atoms with Crippen LogP contribution in [0.4, 0.5) is 0 Å². The summed E-state index contributed by atoms with van der Waals surface area (Å²) in [5, 5.41) is 0. The Kier molecular flexibility index (Phi) is 5.17. The summed E-state index contributed by atoms with van der Waals surface area (Å²) in [4.78, 5) is 15.3. The fourth-order valence-electron chi connectivity index (χ4n) is 3.58. The van der Waals surface area contributed by atoms with E-state index >= 15 is 0 Å². The Labute approximate surface area is 153 Å². The zero-order valence-electron chi connectivity index (χ0n) is 14.6. The van der Waals surface area contributed by atoms with Crippen LogP contribution in [0.2, 0.25) is 0 Å². The Bertz CT molecular complexity index is 798. The molecule has 4 rings (SSSR count). The van der Waals surface area contributed by atoms with Crippen LogP contribution in [0, 0.1) is 5.92 Å². The lowest BCUT2D eigenvalue weighted by Crippen LogP contribution is -2.22. The molecule has 26 heavy (non-hydrogen) atoms. The molecule has 0 unspecified atom stereocenters. The highest BCUT2D eigenvalue weighted by Crippen LogP contribution is 2.32. The lowest BCUT2D eigenvalue weighted by molar-refractivity contribution is 0.232. The highest BCUT2D eigenvalue weighted by molar-refractivity contribution is 5.18. The molecule has 0 spiro atoms. The van der Waals surface area contributed by atoms with E-state index in [9.17, 15) is 0 Å². The van der Waals surface area contributed by atoms with E-state index in [1.54, 1.807) is 12.4 Å². The number of likely N-dealkylation sites (tertiary alicyclic amines) is 1. The molecule has 1 fully saturated rings. The molecule has 3 aromatic rings. The van der Waals surface area contributed by atoms with Crippen LogP contribution < -0.4 is 4.74 Å². The largest absolute Gasteiger partial charge is 0.493 e. The Morgan fingerprint density at radius 1 is 0.923 bits per heavy atom. The van der Waals surface area contributed by atoms with Gasteiger partial charge in [0.05, 0.1) is 6.61 Å². The molecule has 1 saturated heterocycles. The third kappa shape index (κ3) is 4.06. The van der Waals surface area contributed by atoms with Gasteiger partial charge in [0.25, 0.3) is 0 Å². The maximum atomic E-state index is 6.03. The van der Waals surface area contributed by atoms with Crippen molar-refractivity contribution in [1.29, 1.82) is 0 Å². The normalized spacial score (nSPS) is 20.2. The molecule has 1 aliphatic rings. The van der Waals surface area contributed by atoms with Gasteiger partial charge in [0.2, 0.25) is 0 Å². The van der Waals surface area contributed by atoms with E-state index in [2.05, 4.69) is 38.1 Å². The van der Waals surface area contributed by atoms with Crippen molar-refractivity contribution in [3.8, 4) is 5.75 Å². The number of pyridine rings is 3. The molecule has 5 heteroatoms. The molecule has 5 nitrogen and oxygen atoms in total. The second-order valence-corrected chi connectivity index (χ2v) is 6.67. The van der Waals surface area contributed by atoms with Gasteiger partial charge in [-0.05, 0) is 35.9 Å². The van der Waals surface area contributed by atoms with Crippen molar-refractivity contribution in [2.75, 3.05) is 19.7 Å². The summed E-state index contributed by atoms with van der Waals surface area (Å²) in [6.45, 7) is 3.55. The second-order valence-electron chi connectivity index (χ2n) is 6.67. The molecule has 0 aliphatic carbocycles. The standard InChI is InChI=1S/C21H22N4O/c1-2-9-24-21(5-1)20-15-25(13-17-4-3-8-23-12-17)14-18(20)16-26-19-6-10-22-11-7-19/h1-12,18,20H,13-16H2/t18-,20+/m0/s1. The molecule has 0 radical (unpaired) electrons. The topological polar surface area (TPSA) is 51.1 Å². The van der Waals surface area contributed by atoms with Crippen LogP contribution in [-0.2, 0) is 6.54 Å². The molecule has 0 bridgehead atoms. The van der Waals surface area contributed by atoms with Crippen molar-refractivity contribution in [2.24, 2.45) is 5.92 Å². The molecule has 0 aromatic carbocycles. The van der Waals surface area contributed by atoms with Crippen LogP contribution in [0.15, 0.2) is 73.4 Å². The molecule has 0 amide bonds. The second kappa shape index (κ2) is 8.06. The van der Waals surface area contributed by atoms with Crippen molar-refractivity contribution < 1.29 is 4.74 Å². The van der Waals surface area contributed by atoms with Gasteiger partial charge in [-0.1, -0.05) is 12.1 Å². The summed E-state index contributed by atoms with van der Waals surface area (Å²) < 4.78 is 6.03. The monoisotopic (exact) mass is 346 g/mol. The number of hydrogen-bond acceptors (Lipinski definition) is 5. The quantitative estimate of drug-likeness (QED) is 0.686. The van der Waals surface area contributed by atoms with Crippen molar-refractivity contribution in [2.45, 2.75) is 12.5 Å². The van der Waals surface area contributed by atoms with E-state index in [0.717, 1.165) is 31.1 Å². The average molecular weight is 346 g/mol. The zero-order chi connectivity index (χ0) is 17.6. The first-order valence-electron chi connectivity index (χ1n) is 8.93. The van der Waals surface area contributed by atoms with Gasteiger partial charge in [-0.3, -0.25) is 19.9 Å². The molecule has 4 heterocycles. The van der Waals surface area contributed by atoms with Crippen molar-refractivity contribution in [3.63, 3.8) is 0 Å². The first kappa shape index (κ1) is 16.7. The van der Waals surface area contributed by atoms with Crippen LogP contribution in [0.5, 0.6) is 5.75 Å². The van der Waals surface area contributed by atoms with Crippen LogP contribution >= 0.6 is 0 Å². The molecule has 1 aliphatic heterocycles. The minimum absolute atomic E-state index is 0.370. The third-order valence-corrected chi connectivity index (χ3v) is 4.83. The van der Waals surface area contributed by atoms with E-state index in [0.29, 0.717) is 18.4 Å². The molecule has 0 N–H and O–H groups in total. The van der Waals surface area contributed by atoms with E-state index in [4.69, 9.17) is 4.74 Å². The highest BCUT2D eigenvalue weighted by Gasteiger charge is 2.35. The lowest BCUT2D eigenvalue weighted by Gasteiger charge is -2.18. The third-order valence-electron chi connectivity index (χ3n) is 4.83. The minimum atomic E-state index is 0.370. The predicted molar refractivity (Wildman–Crippen MR) is 99.7 cm³/mol. The van der Waals surface area contributed by atoms with E-state index in [1.807, 2.05) is 42.9 Å². The molecular weight excluding hydrogens is 324 g/mol. The first-order valence-corrected chi connectivity index (χ1v) is 8.93. The summed E-state index contributed by atoms with van der Waals surface area (Å²) >= 11 is 0. The number of aromatic nitrogens is 3. The number of hydrogen-bond donors (Lipinski definition) is 0. The predicted octanol–water partition coefficient (Wildman–Crippen LogP) is 3.17. The summed E-state index contributed by atoms with van der Waals surface area (Å²) in [7, 11) is 0. The van der Waals surface area contributed by atoms with Gasteiger partial charge in [0.1, 0.15) is 5.75 Å². The average Bonchev–Trinajstić information content (AvgIpc) is 3.11. The van der Waals surface area contributed by atoms with E-state index < -0.39 is 0 Å². The van der Waals surface area contributed by atoms with Crippen molar-refractivity contribution >= 4 is 0 Å². The Balaban J connectivity index is 1.47. The number of ether oxygens (including phenoxy) is 1. The van der Waals surface area contributed by atoms with E-state index in [1.165, 1.54) is 5.56 Å². The summed E-state index contributed by atoms with van der Waals surface area (Å²) in [5.41, 5.74) is 2.38. The Hall–Kier alpha value is -2.79. The summed E-state index contributed by atoms with van der Waals surface area (Å²) in [6.07, 6.45) is 9.15. The molecule has 3 aromatic heterocycles. The summed E-state index contributed by atoms with van der Waals surface area (Å²) in [6, 6.07) is 14.1. The van der Waals surface area contributed by atoms with Crippen LogP contribution in [-0.4, -0.2) is 39.5 Å². The number of rotatable bonds is 6. The molecule has 132 valence electrons. The lowest BCUT2D eigenvalue weighted by atomic mass is 9.93. The highest BCUT2D eigenvalue weighted by atomic mass is 16.5. The van der Waals surface area contributed by atoms with Crippen LogP contribution in [0.1, 0.15) is 17.2 Å². The van der Waals surface area contributed by atoms with Gasteiger partial charge in [0, 0.05) is 68.1 Å². The molecule has 2 atom stereocenters. The van der Waals surface area contributed by atoms with Gasteiger partial charge in [-0.2, -0.15) is 0 Å². The van der Waals surface area contributed by atoms with Crippen molar-refractivity contribution in [1.82, 2.24) is 19.9 Å².